The summed E-state index contributed by atoms with van der Waals surface area (Å²) in [4.78, 5) is 0. The molecule has 0 fully saturated rings. The molecule has 0 saturated carbocycles. The molecule has 0 bridgehead atoms. The van der Waals surface area contributed by atoms with E-state index in [1.165, 1.54) is 32.7 Å². The second-order valence-electron chi connectivity index (χ2n) is 2.72. The third-order valence-electron chi connectivity index (χ3n) is 2.00. The van der Waals surface area contributed by atoms with Gasteiger partial charge in [-0.25, -0.2) is 0 Å². The zero-order valence-electron chi connectivity index (χ0n) is 6.94. The Bertz CT molecular complexity index is 208. The third-order valence-corrected chi connectivity index (χ3v) is 2.71. The fourth-order valence-corrected chi connectivity index (χ4v) is 2.52. The summed E-state index contributed by atoms with van der Waals surface area (Å²) in [5, 5.41) is 1.29. The minimum atomic E-state index is 1.27. The monoisotopic (exact) mass is 148 g/mol. The molecule has 1 aromatic rings. The van der Waals surface area contributed by atoms with E-state index in [4.69, 9.17) is 0 Å². The normalized spacial score (nSPS) is 9.80. The van der Waals surface area contributed by atoms with Gasteiger partial charge in [0.25, 0.3) is 0 Å². The van der Waals surface area contributed by atoms with E-state index in [0.717, 1.165) is 0 Å². The van der Waals surface area contributed by atoms with Crippen molar-refractivity contribution in [1.82, 2.24) is 0 Å². The summed E-state index contributed by atoms with van der Waals surface area (Å²) >= 11 is 1.27. The molecule has 0 N–H and O–H groups in total. The maximum absolute atomic E-state index is 2.19. The molecule has 1 rings (SSSR count). The lowest BCUT2D eigenvalue weighted by molar-refractivity contribution is 1.23. The molecule has 0 aromatic heterocycles. The van der Waals surface area contributed by atoms with E-state index in [-0.39, 0.29) is 0 Å². The summed E-state index contributed by atoms with van der Waals surface area (Å²) in [7, 11) is 0. The van der Waals surface area contributed by atoms with Crippen molar-refractivity contribution in [2.45, 2.75) is 19.1 Å². The quantitative estimate of drug-likeness (QED) is 0.528. The van der Waals surface area contributed by atoms with Gasteiger partial charge in [-0.3, -0.25) is 0 Å². The summed E-state index contributed by atoms with van der Waals surface area (Å²) in [6, 6.07) is 6.52. The lowest BCUT2D eigenvalue weighted by Crippen LogP contribution is -1.91. The predicted octanol–water partition coefficient (Wildman–Crippen LogP) is 1.44. The first-order chi connectivity index (χ1) is 4.75. The smallest absolute Gasteiger partial charge is 0.0769 e. The van der Waals surface area contributed by atoms with Gasteiger partial charge in [0.05, 0.1) is 0 Å². The highest BCUT2D eigenvalue weighted by atomic mass is 27.0. The third kappa shape index (κ3) is 1.42. The lowest BCUT2D eigenvalue weighted by atomic mass is 10.1. The van der Waals surface area contributed by atoms with Gasteiger partial charge in [-0.15, -0.1) is 0 Å². The maximum atomic E-state index is 2.19. The molecule has 10 heavy (non-hydrogen) atoms. The van der Waals surface area contributed by atoms with Crippen LogP contribution in [0.1, 0.15) is 16.7 Å². The highest BCUT2D eigenvalue weighted by Gasteiger charge is 1.96. The number of hydrogen-bond donors (Lipinski definition) is 0. The minimum absolute atomic E-state index is 1.27. The zero-order valence-corrected chi connectivity index (χ0v) is 8.94. The molecular weight excluding hydrogens is 135 g/mol. The van der Waals surface area contributed by atoms with Crippen LogP contribution >= 0.6 is 0 Å². The van der Waals surface area contributed by atoms with E-state index < -0.39 is 0 Å². The summed E-state index contributed by atoms with van der Waals surface area (Å²) < 4.78 is 0. The minimum Gasteiger partial charge on any atom is -0.0769 e. The second-order valence-corrected chi connectivity index (χ2v) is 3.43. The van der Waals surface area contributed by atoms with Crippen LogP contribution < -0.4 is 0 Å². The Morgan fingerprint density at radius 1 is 1.20 bits per heavy atom. The molecule has 1 heteroatoms. The highest BCUT2D eigenvalue weighted by Crippen LogP contribution is 2.11. The Balaban J connectivity index is 3.17. The van der Waals surface area contributed by atoms with Gasteiger partial charge in [-0.05, 0) is 25.0 Å². The van der Waals surface area contributed by atoms with Crippen molar-refractivity contribution in [2.75, 3.05) is 0 Å². The Kier molecular flexibility index (Phi) is 2.54. The van der Waals surface area contributed by atoms with E-state index in [0.29, 0.717) is 0 Å². The second kappa shape index (κ2) is 3.23. The molecule has 0 radical (unpaired) electrons. The van der Waals surface area contributed by atoms with Gasteiger partial charge in [0.2, 0.25) is 16.3 Å². The summed E-state index contributed by atoms with van der Waals surface area (Å²) in [6.07, 6.45) is 0. The van der Waals surface area contributed by atoms with Crippen LogP contribution in [0.5, 0.6) is 0 Å². The van der Waals surface area contributed by atoms with Gasteiger partial charge >= 0.3 is 0 Å². The van der Waals surface area contributed by atoms with Crippen molar-refractivity contribution >= 4 is 16.3 Å². The van der Waals surface area contributed by atoms with Crippen LogP contribution in [0.3, 0.4) is 0 Å². The van der Waals surface area contributed by atoms with Crippen LogP contribution in [0, 0.1) is 13.8 Å². The first kappa shape index (κ1) is 7.86. The van der Waals surface area contributed by atoms with Gasteiger partial charge in [0, 0.05) is 0 Å². The fraction of sp³-hybridized carbons (Fsp3) is 0.333. The van der Waals surface area contributed by atoms with Crippen LogP contribution in [0.15, 0.2) is 18.2 Å². The molecule has 0 unspecified atom stereocenters. The van der Waals surface area contributed by atoms with E-state index in [2.05, 4.69) is 32.0 Å². The standard InChI is InChI=1S/C9H11.Al.2H/c1-7-5-4-6-8(2)9(7)3;;;/h4-6H,3H2,1-2H3;;;. The van der Waals surface area contributed by atoms with E-state index >= 15 is 0 Å². The lowest BCUT2D eigenvalue weighted by Gasteiger charge is -2.05. The first-order valence-electron chi connectivity index (χ1n) is 3.80. The zero-order chi connectivity index (χ0) is 7.56. The SMILES string of the molecule is Cc1cccc(C)c1[CH2][AlH2]. The van der Waals surface area contributed by atoms with Gasteiger partial charge in [0.15, 0.2) is 0 Å². The van der Waals surface area contributed by atoms with Gasteiger partial charge in [-0.1, -0.05) is 29.0 Å². The number of benzene rings is 1. The van der Waals surface area contributed by atoms with E-state index in [1.54, 1.807) is 5.56 Å². The van der Waals surface area contributed by atoms with Crippen LogP contribution in [-0.4, -0.2) is 16.3 Å². The van der Waals surface area contributed by atoms with Gasteiger partial charge in [0.1, 0.15) is 0 Å². The number of aryl methyl sites for hydroxylation is 2. The summed E-state index contributed by atoms with van der Waals surface area (Å²) in [5.74, 6) is 0. The van der Waals surface area contributed by atoms with Crippen molar-refractivity contribution in [3.05, 3.63) is 34.9 Å². The first-order valence-corrected chi connectivity index (χ1v) is 5.22. The summed E-state index contributed by atoms with van der Waals surface area (Å²) in [6.45, 7) is 4.39. The average molecular weight is 148 g/mol. The number of hydrogen-bond acceptors (Lipinski definition) is 0. The maximum Gasteiger partial charge on any atom is 0.218 e. The molecule has 0 amide bonds. The van der Waals surface area contributed by atoms with Crippen LogP contribution in [0.2, 0.25) is 0 Å². The topological polar surface area (TPSA) is 0 Å². The van der Waals surface area contributed by atoms with E-state index in [9.17, 15) is 0 Å². The molecule has 0 spiro atoms. The molecule has 0 nitrogen and oxygen atoms in total. The van der Waals surface area contributed by atoms with Gasteiger partial charge < -0.3 is 0 Å². The molecular formula is C9H13Al. The number of rotatable bonds is 1. The van der Waals surface area contributed by atoms with Crippen LogP contribution in [0.4, 0.5) is 0 Å². The molecule has 0 aliphatic rings. The molecule has 0 saturated heterocycles. The Labute approximate surface area is 70.7 Å². The van der Waals surface area contributed by atoms with Crippen molar-refractivity contribution in [1.29, 1.82) is 0 Å². The largest absolute Gasteiger partial charge is 0.218 e. The van der Waals surface area contributed by atoms with E-state index in [1.807, 2.05) is 0 Å². The van der Waals surface area contributed by atoms with Crippen molar-refractivity contribution in [3.63, 3.8) is 0 Å². The van der Waals surface area contributed by atoms with Crippen LogP contribution in [0.25, 0.3) is 0 Å². The van der Waals surface area contributed by atoms with Gasteiger partial charge in [-0.2, -0.15) is 0 Å². The van der Waals surface area contributed by atoms with Crippen molar-refractivity contribution in [3.8, 4) is 0 Å². The predicted molar refractivity (Wildman–Crippen MR) is 48.2 cm³/mol. The highest BCUT2D eigenvalue weighted by molar-refractivity contribution is 6.08. The molecule has 0 aliphatic carbocycles. The average Bonchev–Trinajstić information content (AvgIpc) is 1.88. The molecule has 1 aromatic carbocycles. The Morgan fingerprint density at radius 3 is 2.00 bits per heavy atom. The summed E-state index contributed by atoms with van der Waals surface area (Å²) in [5.41, 5.74) is 4.47. The molecule has 52 valence electrons. The molecule has 0 atom stereocenters. The fourth-order valence-electron chi connectivity index (χ4n) is 1.41. The van der Waals surface area contributed by atoms with Crippen molar-refractivity contribution < 1.29 is 0 Å². The van der Waals surface area contributed by atoms with Crippen LogP contribution in [-0.2, 0) is 5.28 Å². The Morgan fingerprint density at radius 2 is 1.70 bits per heavy atom. The van der Waals surface area contributed by atoms with Crippen molar-refractivity contribution in [2.24, 2.45) is 0 Å². The molecule has 0 aliphatic heterocycles. The Hall–Kier alpha value is -0.248. The molecule has 0 heterocycles.